The molecule has 0 radical (unpaired) electrons. The van der Waals surface area contributed by atoms with Gasteiger partial charge in [-0.05, 0) is 48.7 Å². The molecule has 0 atom stereocenters. The normalized spacial score (nSPS) is 15.6. The van der Waals surface area contributed by atoms with Crippen molar-refractivity contribution in [2.24, 2.45) is 5.73 Å². The number of sulfone groups is 2. The molecule has 0 bridgehead atoms. The predicted molar refractivity (Wildman–Crippen MR) is 159 cm³/mol. The average Bonchev–Trinajstić information content (AvgIpc) is 2.94. The van der Waals surface area contributed by atoms with Crippen molar-refractivity contribution in [1.29, 1.82) is 5.41 Å². The number of hydrogen-bond acceptors (Lipinski definition) is 8. The number of amidine groups is 1. The van der Waals surface area contributed by atoms with Crippen molar-refractivity contribution in [2.75, 3.05) is 28.4 Å². The molecule has 3 aromatic rings. The Bertz CT molecular complexity index is 1760. The van der Waals surface area contributed by atoms with Gasteiger partial charge in [-0.3, -0.25) is 10.2 Å². The van der Waals surface area contributed by atoms with E-state index in [2.05, 4.69) is 10.6 Å². The maximum absolute atomic E-state index is 13.5. The molecule has 0 spiro atoms. The number of hydrogen-bond donors (Lipinski definition) is 5. The molecule has 1 amide bonds. The first-order valence-electron chi connectivity index (χ1n) is 12.8. The molecule has 4 rings (SSSR count). The molecule has 1 aliphatic rings. The van der Waals surface area contributed by atoms with Crippen molar-refractivity contribution in [3.05, 3.63) is 78.4 Å². The molecule has 0 saturated carbocycles. The Hall–Kier alpha value is -4.44. The van der Waals surface area contributed by atoms with Crippen LogP contribution >= 0.6 is 0 Å². The molecule has 1 saturated heterocycles. The third-order valence-corrected chi connectivity index (χ3v) is 9.46. The van der Waals surface area contributed by atoms with E-state index in [1.54, 1.807) is 72.8 Å². The van der Waals surface area contributed by atoms with Gasteiger partial charge in [-0.2, -0.15) is 13.2 Å². The Morgan fingerprint density at radius 1 is 0.955 bits per heavy atom. The Kier molecular flexibility index (Phi) is 10.1. The smallest absolute Gasteiger partial charge is 0.475 e. The van der Waals surface area contributed by atoms with Gasteiger partial charge in [0.05, 0.1) is 16.4 Å². The fourth-order valence-electron chi connectivity index (χ4n) is 4.35. The van der Waals surface area contributed by atoms with Gasteiger partial charge >= 0.3 is 12.1 Å². The number of nitrogens with two attached hydrogens (primary N) is 1. The van der Waals surface area contributed by atoms with E-state index in [1.807, 2.05) is 0 Å². The van der Waals surface area contributed by atoms with Gasteiger partial charge < -0.3 is 21.5 Å². The van der Waals surface area contributed by atoms with Crippen molar-refractivity contribution in [2.45, 2.75) is 29.5 Å². The van der Waals surface area contributed by atoms with Crippen LogP contribution in [0.1, 0.15) is 18.4 Å². The fourth-order valence-corrected chi connectivity index (χ4v) is 6.78. The minimum absolute atomic E-state index is 0.0747. The van der Waals surface area contributed by atoms with E-state index in [4.69, 9.17) is 21.0 Å². The minimum atomic E-state index is -5.08. The molecule has 6 N–H and O–H groups in total. The van der Waals surface area contributed by atoms with E-state index < -0.39 is 37.4 Å². The fraction of sp³-hybridized carbons (Fsp3) is 0.250. The number of rotatable bonds is 7. The number of anilines is 2. The van der Waals surface area contributed by atoms with Gasteiger partial charge in [0.2, 0.25) is 5.91 Å². The molecular weight excluding hydrogens is 625 g/mol. The zero-order chi connectivity index (χ0) is 32.9. The van der Waals surface area contributed by atoms with Crippen molar-refractivity contribution >= 4 is 48.8 Å². The lowest BCUT2D eigenvalue weighted by Crippen LogP contribution is -2.54. The van der Waals surface area contributed by atoms with Gasteiger partial charge in [0, 0.05) is 28.8 Å². The van der Waals surface area contributed by atoms with Crippen LogP contribution < -0.4 is 16.4 Å². The number of alkyl halides is 3. The molecule has 0 aliphatic carbocycles. The number of nitrogen functional groups attached to an aromatic ring is 1. The topological polar surface area (TPSA) is 197 Å². The van der Waals surface area contributed by atoms with Crippen molar-refractivity contribution in [3.63, 3.8) is 0 Å². The van der Waals surface area contributed by atoms with E-state index in [-0.39, 0.29) is 41.0 Å². The van der Waals surface area contributed by atoms with E-state index in [0.29, 0.717) is 28.1 Å². The molecule has 0 unspecified atom stereocenters. The number of halogens is 3. The SMILES string of the molecule is CS(=O)(=O)c1ccccc1-c1ccc(NC(=O)C2(Nc3cccc(C(=N)N)c3)CCS(=O)(=O)CC2)cc1.O=C(O)C(F)(F)F. The summed E-state index contributed by atoms with van der Waals surface area (Å²) in [5.74, 6) is -3.54. The first kappa shape index (κ1) is 34.1. The van der Waals surface area contributed by atoms with Crippen LogP contribution in [0.15, 0.2) is 77.7 Å². The summed E-state index contributed by atoms with van der Waals surface area (Å²) in [7, 11) is -6.68. The van der Waals surface area contributed by atoms with Crippen molar-refractivity contribution < 1.29 is 44.7 Å². The summed E-state index contributed by atoms with van der Waals surface area (Å²) in [5.41, 5.74) is 7.16. The second kappa shape index (κ2) is 13.1. The Morgan fingerprint density at radius 2 is 1.52 bits per heavy atom. The number of carboxylic acids is 1. The van der Waals surface area contributed by atoms with Crippen LogP contribution in [0.4, 0.5) is 24.5 Å². The zero-order valence-corrected chi connectivity index (χ0v) is 24.8. The first-order chi connectivity index (χ1) is 20.3. The molecule has 11 nitrogen and oxygen atoms in total. The van der Waals surface area contributed by atoms with E-state index in [1.165, 1.54) is 0 Å². The monoisotopic (exact) mass is 654 g/mol. The largest absolute Gasteiger partial charge is 0.490 e. The van der Waals surface area contributed by atoms with Gasteiger partial charge in [-0.1, -0.05) is 42.5 Å². The Balaban J connectivity index is 0.000000676. The summed E-state index contributed by atoms with van der Waals surface area (Å²) >= 11 is 0. The van der Waals surface area contributed by atoms with Crippen LogP contribution in [0.5, 0.6) is 0 Å². The van der Waals surface area contributed by atoms with Crippen LogP contribution in [0.25, 0.3) is 11.1 Å². The van der Waals surface area contributed by atoms with Gasteiger partial charge in [0.15, 0.2) is 19.7 Å². The molecule has 0 aromatic heterocycles. The highest BCUT2D eigenvalue weighted by molar-refractivity contribution is 7.91. The minimum Gasteiger partial charge on any atom is -0.475 e. The standard InChI is InChI=1S/C26H28N4O5S2.C2HF3O2/c1-36(32,33)23-8-3-2-7-22(23)18-9-11-20(12-10-18)29-25(31)26(13-15-37(34,35)16-14-26)30-21-6-4-5-19(17-21)24(27)28;3-2(4,5)1(6)7/h2-12,17,30H,13-16H2,1H3,(H3,27,28)(H,29,31);(H,6,7). The van der Waals surface area contributed by atoms with E-state index in [9.17, 15) is 34.8 Å². The molecule has 1 fully saturated rings. The lowest BCUT2D eigenvalue weighted by molar-refractivity contribution is -0.192. The highest BCUT2D eigenvalue weighted by Crippen LogP contribution is 2.32. The van der Waals surface area contributed by atoms with Crippen molar-refractivity contribution in [1.82, 2.24) is 0 Å². The van der Waals surface area contributed by atoms with Crippen molar-refractivity contribution in [3.8, 4) is 11.1 Å². The summed E-state index contributed by atoms with van der Waals surface area (Å²) in [6.07, 6.45) is -3.78. The second-order valence-electron chi connectivity index (χ2n) is 9.96. The summed E-state index contributed by atoms with van der Waals surface area (Å²) in [6.45, 7) is 0. The summed E-state index contributed by atoms with van der Waals surface area (Å²) in [5, 5.41) is 20.9. The van der Waals surface area contributed by atoms with Gasteiger partial charge in [-0.25, -0.2) is 21.6 Å². The first-order valence-corrected chi connectivity index (χ1v) is 16.5. The summed E-state index contributed by atoms with van der Waals surface area (Å²) < 4.78 is 80.4. The number of benzene rings is 3. The number of carboxylic acid groups (broad SMARTS) is 1. The quantitative estimate of drug-likeness (QED) is 0.186. The molecule has 236 valence electrons. The molecule has 1 aliphatic heterocycles. The van der Waals surface area contributed by atoms with Gasteiger partial charge in [0.25, 0.3) is 0 Å². The summed E-state index contributed by atoms with van der Waals surface area (Å²) in [6, 6.07) is 20.3. The highest BCUT2D eigenvalue weighted by atomic mass is 32.2. The molecule has 16 heteroatoms. The maximum Gasteiger partial charge on any atom is 0.490 e. The Labute approximate surface area is 251 Å². The third kappa shape index (κ3) is 8.79. The van der Waals surface area contributed by atoms with Crippen LogP contribution in [-0.2, 0) is 29.3 Å². The van der Waals surface area contributed by atoms with Gasteiger partial charge in [0.1, 0.15) is 11.4 Å². The highest BCUT2D eigenvalue weighted by Gasteiger charge is 2.43. The number of carbonyl (C=O) groups is 2. The number of carbonyl (C=O) groups excluding carboxylic acids is 1. The summed E-state index contributed by atoms with van der Waals surface area (Å²) in [4.78, 5) is 22.7. The third-order valence-electron chi connectivity index (χ3n) is 6.65. The Morgan fingerprint density at radius 3 is 2.05 bits per heavy atom. The van der Waals surface area contributed by atoms with Crippen LogP contribution in [-0.4, -0.2) is 69.1 Å². The second-order valence-corrected chi connectivity index (χ2v) is 14.2. The van der Waals surface area contributed by atoms with Crippen LogP contribution in [0, 0.1) is 5.41 Å². The van der Waals surface area contributed by atoms with Gasteiger partial charge in [-0.15, -0.1) is 0 Å². The van der Waals surface area contributed by atoms with E-state index >= 15 is 0 Å². The molecule has 1 heterocycles. The van der Waals surface area contributed by atoms with Crippen LogP contribution in [0.2, 0.25) is 0 Å². The molecule has 3 aromatic carbocycles. The van der Waals surface area contributed by atoms with E-state index in [0.717, 1.165) is 6.26 Å². The lowest BCUT2D eigenvalue weighted by atomic mass is 9.90. The zero-order valence-electron chi connectivity index (χ0n) is 23.2. The number of nitrogens with one attached hydrogen (secondary N) is 3. The van der Waals surface area contributed by atoms with Crippen LogP contribution in [0.3, 0.4) is 0 Å². The molecule has 44 heavy (non-hydrogen) atoms. The lowest BCUT2D eigenvalue weighted by Gasteiger charge is -2.37. The predicted octanol–water partition coefficient (Wildman–Crippen LogP) is 3.67. The number of aliphatic carboxylic acids is 1. The molecular formula is C28H29F3N4O7S2. The average molecular weight is 655 g/mol. The number of amides is 1. The maximum atomic E-state index is 13.5.